The zero-order valence-corrected chi connectivity index (χ0v) is 45.1. The highest BCUT2D eigenvalue weighted by Gasteiger charge is 2.33. The van der Waals surface area contributed by atoms with Crippen LogP contribution in [0.1, 0.15) is 107 Å². The predicted octanol–water partition coefficient (Wildman–Crippen LogP) is 11.8. The fraction of sp³-hybridized carbons (Fsp3) is 0.345. The van der Waals surface area contributed by atoms with Crippen LogP contribution < -0.4 is 26.9 Å². The Morgan fingerprint density at radius 3 is 1.60 bits per heavy atom. The van der Waals surface area contributed by atoms with Crippen molar-refractivity contribution in [3.05, 3.63) is 154 Å². The van der Waals surface area contributed by atoms with Crippen molar-refractivity contribution in [2.24, 2.45) is 11.7 Å². The zero-order chi connectivity index (χ0) is 53.7. The van der Waals surface area contributed by atoms with E-state index >= 15 is 0 Å². The monoisotopic (exact) mass is 1080 g/mol. The van der Waals surface area contributed by atoms with Crippen molar-refractivity contribution in [1.29, 1.82) is 5.26 Å². The van der Waals surface area contributed by atoms with Crippen molar-refractivity contribution in [2.75, 3.05) is 31.9 Å². The molecule has 16 nitrogen and oxygen atoms in total. The molecule has 2 aliphatic heterocycles. The molecule has 5 heterocycles. The number of rotatable bonds is 10. The van der Waals surface area contributed by atoms with E-state index in [1.807, 2.05) is 157 Å². The van der Waals surface area contributed by atoms with Crippen LogP contribution >= 0.6 is 15.9 Å². The molecule has 0 spiro atoms. The number of hydrogen-bond acceptors (Lipinski definition) is 13. The van der Waals surface area contributed by atoms with Gasteiger partial charge in [-0.1, -0.05) is 84.9 Å². The van der Waals surface area contributed by atoms with E-state index in [9.17, 15) is 14.9 Å². The second-order valence-electron chi connectivity index (χ2n) is 20.4. The van der Waals surface area contributed by atoms with Gasteiger partial charge in [0.05, 0.1) is 22.3 Å². The van der Waals surface area contributed by atoms with Gasteiger partial charge >= 0.3 is 12.2 Å². The third-order valence-electron chi connectivity index (χ3n) is 12.5. The molecule has 2 amide bonds. The number of anilines is 1. The van der Waals surface area contributed by atoms with Gasteiger partial charge in [0.1, 0.15) is 52.4 Å². The Morgan fingerprint density at radius 1 is 0.680 bits per heavy atom. The lowest BCUT2D eigenvalue weighted by atomic mass is 9.87. The van der Waals surface area contributed by atoms with Gasteiger partial charge in [-0.2, -0.15) is 10.4 Å². The Labute approximate surface area is 447 Å². The summed E-state index contributed by atoms with van der Waals surface area (Å²) in [5.74, 6) is 10.0. The maximum atomic E-state index is 12.8. The molecule has 392 valence electrons. The fourth-order valence-corrected chi connectivity index (χ4v) is 9.67. The fourth-order valence-electron chi connectivity index (χ4n) is 9.17. The molecule has 2 aliphatic rings. The van der Waals surface area contributed by atoms with E-state index in [4.69, 9.17) is 34.6 Å². The second-order valence-corrected chi connectivity index (χ2v) is 21.1. The number of hydrogen-bond donors (Lipinski definition) is 4. The average Bonchev–Trinajstić information content (AvgIpc) is 3.80. The molecular formula is C58H67BrN10O6. The number of pyridine rings is 2. The van der Waals surface area contributed by atoms with Crippen molar-refractivity contribution in [1.82, 2.24) is 30.0 Å². The van der Waals surface area contributed by atoms with E-state index in [1.165, 1.54) is 0 Å². The van der Waals surface area contributed by atoms with E-state index in [0.29, 0.717) is 66.7 Å². The van der Waals surface area contributed by atoms with E-state index in [0.717, 1.165) is 81.6 Å². The third kappa shape index (κ3) is 14.6. The molecule has 0 radical (unpaired) electrons. The van der Waals surface area contributed by atoms with Crippen molar-refractivity contribution in [3.8, 4) is 40.1 Å². The molecule has 2 atom stereocenters. The first-order valence-electron chi connectivity index (χ1n) is 25.1. The summed E-state index contributed by atoms with van der Waals surface area (Å²) in [6.45, 7) is 14.5. The van der Waals surface area contributed by atoms with Gasteiger partial charge in [0.15, 0.2) is 5.65 Å². The van der Waals surface area contributed by atoms with Crippen LogP contribution in [0.3, 0.4) is 0 Å². The van der Waals surface area contributed by atoms with Gasteiger partial charge in [0, 0.05) is 49.1 Å². The lowest BCUT2D eigenvalue weighted by Gasteiger charge is -2.34. The van der Waals surface area contributed by atoms with Crippen LogP contribution in [0.5, 0.6) is 11.5 Å². The summed E-state index contributed by atoms with van der Waals surface area (Å²) in [6.07, 6.45) is 2.89. The highest BCUT2D eigenvalue weighted by molar-refractivity contribution is 9.10. The number of aromatic amines is 1. The number of carbonyl (C=O) groups is 2. The number of nitrogens with one attached hydrogen (secondary N) is 1. The van der Waals surface area contributed by atoms with Crippen LogP contribution in [-0.2, 0) is 22.7 Å². The number of H-pyrrole nitrogens is 1. The van der Waals surface area contributed by atoms with Crippen molar-refractivity contribution < 1.29 is 28.5 Å². The highest BCUT2D eigenvalue weighted by atomic mass is 79.9. The number of fused-ring (bicyclic) bond motifs is 1. The van der Waals surface area contributed by atoms with Crippen LogP contribution in [-0.4, -0.2) is 79.5 Å². The molecule has 0 saturated carbocycles. The highest BCUT2D eigenvalue weighted by Crippen LogP contribution is 2.40. The van der Waals surface area contributed by atoms with Crippen LogP contribution in [0.2, 0.25) is 0 Å². The SMILES string of the molecule is CC(C)(C)OC(=O)N1CCCC(c2cc(-c3ccccc3OCc3ccccc3)nc(Br)c2C#N)C1.CC(C)(C)OC(=O)N1CCCC(c2cc(-c3ccccc3OCc3ccccc3)nc3n[nH]c(N)c23)C1.NN. The maximum absolute atomic E-state index is 12.8. The second kappa shape index (κ2) is 25.1. The number of nitrogens with two attached hydrogens (primary N) is 3. The number of aromatic nitrogens is 4. The van der Waals surface area contributed by atoms with Crippen molar-refractivity contribution in [2.45, 2.75) is 103 Å². The topological polar surface area (TPSA) is 234 Å². The molecule has 3 aromatic heterocycles. The van der Waals surface area contributed by atoms with Gasteiger partial charge in [-0.15, -0.1) is 0 Å². The third-order valence-corrected chi connectivity index (χ3v) is 13.1. The maximum Gasteiger partial charge on any atom is 0.410 e. The average molecular weight is 1080 g/mol. The molecule has 7 N–H and O–H groups in total. The molecule has 2 unspecified atom stereocenters. The summed E-state index contributed by atoms with van der Waals surface area (Å²) in [5.41, 5.74) is 13.5. The van der Waals surface area contributed by atoms with Crippen LogP contribution in [0, 0.1) is 11.3 Å². The number of ether oxygens (including phenoxy) is 4. The summed E-state index contributed by atoms with van der Waals surface area (Å²) >= 11 is 3.53. The van der Waals surface area contributed by atoms with Crippen LogP contribution in [0.4, 0.5) is 15.4 Å². The minimum Gasteiger partial charge on any atom is -0.488 e. The minimum absolute atomic E-state index is 0.00336. The molecule has 9 rings (SSSR count). The number of nitrogen functional groups attached to an aromatic ring is 1. The normalized spacial score (nSPS) is 15.6. The Morgan fingerprint density at radius 2 is 1.12 bits per heavy atom. The number of para-hydroxylation sites is 2. The smallest absolute Gasteiger partial charge is 0.410 e. The molecule has 75 heavy (non-hydrogen) atoms. The molecule has 4 aromatic carbocycles. The number of likely N-dealkylation sites (tertiary alicyclic amines) is 2. The lowest BCUT2D eigenvalue weighted by Crippen LogP contribution is -2.42. The Balaban J connectivity index is 0.000000212. The number of carbonyl (C=O) groups excluding carboxylic acids is 2. The first-order chi connectivity index (χ1) is 36.0. The summed E-state index contributed by atoms with van der Waals surface area (Å²) in [5, 5.41) is 18.0. The van der Waals surface area contributed by atoms with E-state index in [1.54, 1.807) is 9.80 Å². The van der Waals surface area contributed by atoms with Gasteiger partial charge in [-0.25, -0.2) is 19.6 Å². The first kappa shape index (κ1) is 55.2. The summed E-state index contributed by atoms with van der Waals surface area (Å²) in [7, 11) is 0. The predicted molar refractivity (Wildman–Crippen MR) is 295 cm³/mol. The lowest BCUT2D eigenvalue weighted by molar-refractivity contribution is 0.0188. The zero-order valence-electron chi connectivity index (χ0n) is 43.5. The van der Waals surface area contributed by atoms with E-state index in [2.05, 4.69) is 49.9 Å². The van der Waals surface area contributed by atoms with E-state index < -0.39 is 11.2 Å². The van der Waals surface area contributed by atoms with Crippen LogP contribution in [0.25, 0.3) is 33.5 Å². The number of benzene rings is 4. The molecule has 2 fully saturated rings. The molecule has 17 heteroatoms. The molecule has 0 aliphatic carbocycles. The molecule has 0 bridgehead atoms. The first-order valence-corrected chi connectivity index (χ1v) is 25.9. The van der Waals surface area contributed by atoms with Crippen molar-refractivity contribution in [3.63, 3.8) is 0 Å². The molecule has 2 saturated heterocycles. The number of hydrazine groups is 1. The van der Waals surface area contributed by atoms with Crippen molar-refractivity contribution >= 4 is 45.0 Å². The van der Waals surface area contributed by atoms with E-state index in [-0.39, 0.29) is 24.0 Å². The quantitative estimate of drug-likeness (QED) is 0.0567. The number of nitriles is 1. The number of halogens is 1. The van der Waals surface area contributed by atoms with Gasteiger partial charge < -0.3 is 34.5 Å². The number of amides is 2. The Kier molecular flexibility index (Phi) is 18.5. The Hall–Kier alpha value is -7.52. The standard InChI is InChI=1S/C29H30BrN3O3.C29H33N5O3.H4N2/c1-29(2,3)36-28(34)33-15-9-12-21(18-33)23-16-25(32-27(30)24(23)17-31)22-13-7-8-14-26(22)35-19-20-10-5-4-6-11-20;1-29(2,3)37-28(35)34-15-9-12-20(17-34)22-16-23(31-27-25(22)26(30)32-33-27)21-13-7-8-14-24(21)36-18-19-10-5-4-6-11-19;1-2/h4-8,10-11,13-14,16,21H,9,12,15,18-19H2,1-3H3;4-8,10-11,13-14,16,20H,9,12,15,17-18H2,1-3H3,(H3,30,31,32,33);1-2H2. The van der Waals surface area contributed by atoms with Gasteiger partial charge in [0.2, 0.25) is 0 Å². The largest absolute Gasteiger partial charge is 0.488 e. The molecular weight excluding hydrogens is 1010 g/mol. The summed E-state index contributed by atoms with van der Waals surface area (Å²) in [6, 6.07) is 42.1. The minimum atomic E-state index is -0.557. The van der Waals surface area contributed by atoms with Gasteiger partial charge in [-0.05, 0) is 142 Å². The number of piperidine rings is 2. The van der Waals surface area contributed by atoms with Gasteiger partial charge in [-0.3, -0.25) is 16.8 Å². The van der Waals surface area contributed by atoms with Gasteiger partial charge in [0.25, 0.3) is 0 Å². The summed E-state index contributed by atoms with van der Waals surface area (Å²) < 4.78 is 24.1. The summed E-state index contributed by atoms with van der Waals surface area (Å²) in [4.78, 5) is 38.6. The Bertz CT molecular complexity index is 3080. The number of nitrogens with zero attached hydrogens (tertiary/aromatic N) is 6. The molecule has 7 aromatic rings. The van der Waals surface area contributed by atoms with Crippen LogP contribution in [0.15, 0.2) is 126 Å².